The van der Waals surface area contributed by atoms with Crippen molar-refractivity contribution < 1.29 is 14.3 Å². The van der Waals surface area contributed by atoms with E-state index in [-0.39, 0.29) is 24.6 Å². The van der Waals surface area contributed by atoms with Crippen molar-refractivity contribution in [3.63, 3.8) is 0 Å². The van der Waals surface area contributed by atoms with Crippen LogP contribution >= 0.6 is 0 Å². The summed E-state index contributed by atoms with van der Waals surface area (Å²) < 4.78 is 14.7. The van der Waals surface area contributed by atoms with Gasteiger partial charge in [0, 0.05) is 6.42 Å². The SMILES string of the molecule is O=C(CCn1cc(CO)nn1)Nc1ccccc1F. The Morgan fingerprint density at radius 3 is 2.89 bits per heavy atom. The zero-order valence-electron chi connectivity index (χ0n) is 10.1. The highest BCUT2D eigenvalue weighted by Gasteiger charge is 2.07. The number of aliphatic hydroxyl groups is 1. The number of carbonyl (C=O) groups excluding carboxylic acids is 1. The molecule has 0 atom stereocenters. The predicted octanol–water partition coefficient (Wildman–Crippen LogP) is 0.938. The number of nitrogens with zero attached hydrogens (tertiary/aromatic N) is 3. The lowest BCUT2D eigenvalue weighted by molar-refractivity contribution is -0.116. The van der Waals surface area contributed by atoms with Crippen molar-refractivity contribution in [3.05, 3.63) is 42.0 Å². The molecule has 0 saturated heterocycles. The number of hydrogen-bond acceptors (Lipinski definition) is 4. The molecule has 1 heterocycles. The fraction of sp³-hybridized carbons (Fsp3) is 0.250. The normalized spacial score (nSPS) is 10.4. The average Bonchev–Trinajstić information content (AvgIpc) is 2.87. The zero-order chi connectivity index (χ0) is 13.7. The van der Waals surface area contributed by atoms with Crippen LogP contribution in [0, 0.1) is 5.82 Å². The second-order valence-electron chi connectivity index (χ2n) is 3.91. The molecule has 1 amide bonds. The molecule has 2 aromatic rings. The molecule has 0 aliphatic carbocycles. The molecule has 0 saturated carbocycles. The summed E-state index contributed by atoms with van der Waals surface area (Å²) in [5.41, 5.74) is 0.594. The summed E-state index contributed by atoms with van der Waals surface area (Å²) in [4.78, 5) is 11.6. The molecular weight excluding hydrogens is 251 g/mol. The Morgan fingerprint density at radius 1 is 1.42 bits per heavy atom. The lowest BCUT2D eigenvalue weighted by atomic mass is 10.3. The maximum atomic E-state index is 13.3. The first-order chi connectivity index (χ1) is 9.19. The van der Waals surface area contributed by atoms with Gasteiger partial charge < -0.3 is 10.4 Å². The largest absolute Gasteiger partial charge is 0.390 e. The molecule has 7 heteroatoms. The summed E-state index contributed by atoms with van der Waals surface area (Å²) >= 11 is 0. The minimum atomic E-state index is -0.473. The third kappa shape index (κ3) is 3.59. The summed E-state index contributed by atoms with van der Waals surface area (Å²) in [5.74, 6) is -0.787. The van der Waals surface area contributed by atoms with Crippen LogP contribution in [0.15, 0.2) is 30.5 Å². The van der Waals surface area contributed by atoms with E-state index in [9.17, 15) is 9.18 Å². The Kier molecular flexibility index (Phi) is 4.19. The van der Waals surface area contributed by atoms with Gasteiger partial charge in [-0.15, -0.1) is 5.10 Å². The summed E-state index contributed by atoms with van der Waals surface area (Å²) in [5, 5.41) is 18.7. The van der Waals surface area contributed by atoms with E-state index < -0.39 is 5.82 Å². The first-order valence-corrected chi connectivity index (χ1v) is 5.73. The van der Waals surface area contributed by atoms with Gasteiger partial charge in [0.25, 0.3) is 0 Å². The number of amides is 1. The number of nitrogens with one attached hydrogen (secondary N) is 1. The van der Waals surface area contributed by atoms with Gasteiger partial charge in [0.15, 0.2) is 0 Å². The molecule has 6 nitrogen and oxygen atoms in total. The van der Waals surface area contributed by atoms with Crippen LogP contribution in [0.2, 0.25) is 0 Å². The van der Waals surface area contributed by atoms with Crippen LogP contribution in [0.5, 0.6) is 0 Å². The Bertz CT molecular complexity index is 570. The van der Waals surface area contributed by atoms with Gasteiger partial charge in [-0.05, 0) is 12.1 Å². The van der Waals surface area contributed by atoms with Crippen LogP contribution in [-0.4, -0.2) is 26.0 Å². The van der Waals surface area contributed by atoms with Crippen LogP contribution in [0.1, 0.15) is 12.1 Å². The smallest absolute Gasteiger partial charge is 0.226 e. The molecule has 0 unspecified atom stereocenters. The van der Waals surface area contributed by atoms with Crippen molar-refractivity contribution in [1.82, 2.24) is 15.0 Å². The summed E-state index contributed by atoms with van der Waals surface area (Å²) in [6.07, 6.45) is 1.69. The number of aromatic nitrogens is 3. The number of carbonyl (C=O) groups is 1. The highest BCUT2D eigenvalue weighted by atomic mass is 19.1. The molecule has 0 spiro atoms. The quantitative estimate of drug-likeness (QED) is 0.842. The van der Waals surface area contributed by atoms with Gasteiger partial charge in [-0.25, -0.2) is 4.39 Å². The maximum Gasteiger partial charge on any atom is 0.226 e. The van der Waals surface area contributed by atoms with Crippen molar-refractivity contribution in [1.29, 1.82) is 0 Å². The first-order valence-electron chi connectivity index (χ1n) is 5.73. The minimum Gasteiger partial charge on any atom is -0.390 e. The van der Waals surface area contributed by atoms with E-state index in [4.69, 9.17) is 5.11 Å². The molecular formula is C12H13FN4O2. The van der Waals surface area contributed by atoms with Gasteiger partial charge in [-0.2, -0.15) is 0 Å². The molecule has 2 rings (SSSR count). The summed E-state index contributed by atoms with van der Waals surface area (Å²) in [7, 11) is 0. The lowest BCUT2D eigenvalue weighted by Crippen LogP contribution is -2.15. The fourth-order valence-corrected chi connectivity index (χ4v) is 1.51. The molecule has 100 valence electrons. The molecule has 0 bridgehead atoms. The maximum absolute atomic E-state index is 13.3. The van der Waals surface area contributed by atoms with E-state index in [0.717, 1.165) is 0 Å². The second-order valence-corrected chi connectivity index (χ2v) is 3.91. The van der Waals surface area contributed by atoms with Crippen molar-refractivity contribution in [2.45, 2.75) is 19.6 Å². The Hall–Kier alpha value is -2.28. The monoisotopic (exact) mass is 264 g/mol. The zero-order valence-corrected chi connectivity index (χ0v) is 10.1. The molecule has 0 radical (unpaired) electrons. The second kappa shape index (κ2) is 6.05. The van der Waals surface area contributed by atoms with Crippen molar-refractivity contribution >= 4 is 11.6 Å². The summed E-state index contributed by atoms with van der Waals surface area (Å²) in [6.45, 7) is 0.120. The van der Waals surface area contributed by atoms with Crippen molar-refractivity contribution in [3.8, 4) is 0 Å². The number of aryl methyl sites for hydroxylation is 1. The van der Waals surface area contributed by atoms with E-state index in [1.54, 1.807) is 18.3 Å². The molecule has 2 N–H and O–H groups in total. The van der Waals surface area contributed by atoms with Gasteiger partial charge in [0.05, 0.1) is 25.0 Å². The number of hydrogen-bond donors (Lipinski definition) is 2. The minimum absolute atomic E-state index is 0.141. The number of anilines is 1. The number of para-hydroxylation sites is 1. The van der Waals surface area contributed by atoms with E-state index in [1.807, 2.05) is 0 Å². The predicted molar refractivity (Wildman–Crippen MR) is 65.6 cm³/mol. The Labute approximate surface area is 108 Å². The van der Waals surface area contributed by atoms with Gasteiger partial charge >= 0.3 is 0 Å². The number of rotatable bonds is 5. The molecule has 0 fully saturated rings. The number of benzene rings is 1. The molecule has 0 aliphatic heterocycles. The van der Waals surface area contributed by atoms with E-state index >= 15 is 0 Å². The Morgan fingerprint density at radius 2 is 2.21 bits per heavy atom. The Balaban J connectivity index is 1.86. The molecule has 0 aliphatic rings. The highest BCUT2D eigenvalue weighted by molar-refractivity contribution is 5.90. The highest BCUT2D eigenvalue weighted by Crippen LogP contribution is 2.12. The third-order valence-corrected chi connectivity index (χ3v) is 2.46. The summed E-state index contributed by atoms with van der Waals surface area (Å²) in [6, 6.07) is 5.97. The third-order valence-electron chi connectivity index (χ3n) is 2.46. The van der Waals surface area contributed by atoms with Crippen LogP contribution in [0.25, 0.3) is 0 Å². The molecule has 19 heavy (non-hydrogen) atoms. The van der Waals surface area contributed by atoms with Crippen molar-refractivity contribution in [2.24, 2.45) is 0 Å². The number of aliphatic hydroxyl groups excluding tert-OH is 1. The van der Waals surface area contributed by atoms with Crippen LogP contribution in [-0.2, 0) is 17.9 Å². The molecule has 1 aromatic heterocycles. The van der Waals surface area contributed by atoms with Crippen LogP contribution in [0.4, 0.5) is 10.1 Å². The molecule has 1 aromatic carbocycles. The number of halogens is 1. The van der Waals surface area contributed by atoms with Gasteiger partial charge in [-0.1, -0.05) is 17.3 Å². The lowest BCUT2D eigenvalue weighted by Gasteiger charge is -2.05. The van der Waals surface area contributed by atoms with Gasteiger partial charge in [0.1, 0.15) is 11.5 Å². The standard InChI is InChI=1S/C12H13FN4O2/c13-10-3-1-2-4-11(10)14-12(19)5-6-17-7-9(8-18)15-16-17/h1-4,7,18H,5-6,8H2,(H,14,19). The topological polar surface area (TPSA) is 80.0 Å². The van der Waals surface area contributed by atoms with Crippen LogP contribution in [0.3, 0.4) is 0 Å². The van der Waals surface area contributed by atoms with Gasteiger partial charge in [0.2, 0.25) is 5.91 Å². The van der Waals surface area contributed by atoms with E-state index in [0.29, 0.717) is 12.2 Å². The first kappa shape index (κ1) is 13.2. The van der Waals surface area contributed by atoms with Crippen molar-refractivity contribution in [2.75, 3.05) is 5.32 Å². The average molecular weight is 264 g/mol. The van der Waals surface area contributed by atoms with E-state index in [1.165, 1.54) is 16.8 Å². The van der Waals surface area contributed by atoms with E-state index in [2.05, 4.69) is 15.6 Å². The van der Waals surface area contributed by atoms with Gasteiger partial charge in [-0.3, -0.25) is 9.48 Å². The van der Waals surface area contributed by atoms with Crippen LogP contribution < -0.4 is 5.32 Å². The fourth-order valence-electron chi connectivity index (χ4n) is 1.51.